The standard InChI is InChI=1S/C20H32N4O2/c1-26-13-12-23-10-5-18(6-11-23)16-24(15-17-2-7-21-8-3-17)20(25)19-4-9-22-14-19/h2-3,7-8,18-19,22H,4-6,9-16H2,1H3/t19-/m0/s1. The smallest absolute Gasteiger partial charge is 0.227 e. The number of carbonyl (C=O) groups excluding carboxylic acids is 1. The molecule has 6 nitrogen and oxygen atoms in total. The van der Waals surface area contributed by atoms with Gasteiger partial charge in [-0.1, -0.05) is 0 Å². The second-order valence-electron chi connectivity index (χ2n) is 7.54. The van der Waals surface area contributed by atoms with Crippen LogP contribution in [0.3, 0.4) is 0 Å². The van der Waals surface area contributed by atoms with Crippen LogP contribution in [0.25, 0.3) is 0 Å². The first-order valence-electron chi connectivity index (χ1n) is 9.86. The number of aromatic nitrogens is 1. The van der Waals surface area contributed by atoms with Crippen molar-refractivity contribution in [2.24, 2.45) is 11.8 Å². The molecule has 1 amide bonds. The summed E-state index contributed by atoms with van der Waals surface area (Å²) in [6.45, 7) is 7.37. The Bertz CT molecular complexity index is 540. The molecule has 1 N–H and O–H groups in total. The fraction of sp³-hybridized carbons (Fsp3) is 0.700. The highest BCUT2D eigenvalue weighted by Gasteiger charge is 2.29. The van der Waals surface area contributed by atoms with Crippen LogP contribution < -0.4 is 5.32 Å². The van der Waals surface area contributed by atoms with Crippen LogP contribution in [0.1, 0.15) is 24.8 Å². The summed E-state index contributed by atoms with van der Waals surface area (Å²) in [5.74, 6) is 1.04. The molecule has 1 atom stereocenters. The minimum atomic E-state index is 0.138. The molecule has 2 fully saturated rings. The molecule has 26 heavy (non-hydrogen) atoms. The van der Waals surface area contributed by atoms with Crippen molar-refractivity contribution in [3.63, 3.8) is 0 Å². The maximum absolute atomic E-state index is 13.1. The van der Waals surface area contributed by atoms with Gasteiger partial charge < -0.3 is 19.9 Å². The number of hydrogen-bond donors (Lipinski definition) is 1. The minimum absolute atomic E-state index is 0.138. The first kappa shape index (κ1) is 19.3. The summed E-state index contributed by atoms with van der Waals surface area (Å²) < 4.78 is 5.19. The second kappa shape index (κ2) is 10.00. The molecule has 2 aliphatic heterocycles. The highest BCUT2D eigenvalue weighted by atomic mass is 16.5. The van der Waals surface area contributed by atoms with Crippen molar-refractivity contribution in [2.45, 2.75) is 25.8 Å². The summed E-state index contributed by atoms with van der Waals surface area (Å²) in [5.41, 5.74) is 1.16. The second-order valence-corrected chi connectivity index (χ2v) is 7.54. The number of carbonyl (C=O) groups is 1. The van der Waals surface area contributed by atoms with E-state index in [1.54, 1.807) is 7.11 Å². The van der Waals surface area contributed by atoms with Gasteiger partial charge in [-0.2, -0.15) is 0 Å². The number of rotatable bonds is 8. The third kappa shape index (κ3) is 5.50. The normalized spacial score (nSPS) is 21.8. The Balaban J connectivity index is 1.57. The number of likely N-dealkylation sites (tertiary alicyclic amines) is 1. The largest absolute Gasteiger partial charge is 0.383 e. The van der Waals surface area contributed by atoms with Crippen molar-refractivity contribution in [2.75, 3.05) is 53.0 Å². The molecule has 0 saturated carbocycles. The lowest BCUT2D eigenvalue weighted by Crippen LogP contribution is -2.43. The van der Waals surface area contributed by atoms with E-state index < -0.39 is 0 Å². The Labute approximate surface area is 156 Å². The molecule has 0 radical (unpaired) electrons. The molecule has 3 heterocycles. The lowest BCUT2D eigenvalue weighted by atomic mass is 9.95. The van der Waals surface area contributed by atoms with Crippen molar-refractivity contribution in [3.05, 3.63) is 30.1 Å². The number of piperidine rings is 1. The van der Waals surface area contributed by atoms with Gasteiger partial charge >= 0.3 is 0 Å². The lowest BCUT2D eigenvalue weighted by Gasteiger charge is -2.35. The zero-order valence-corrected chi connectivity index (χ0v) is 15.9. The third-order valence-corrected chi connectivity index (χ3v) is 5.64. The van der Waals surface area contributed by atoms with Gasteiger partial charge in [0, 0.05) is 45.7 Å². The molecule has 2 aliphatic rings. The maximum Gasteiger partial charge on any atom is 0.227 e. The van der Waals surface area contributed by atoms with Crippen LogP contribution in [0.2, 0.25) is 0 Å². The molecule has 2 saturated heterocycles. The van der Waals surface area contributed by atoms with Crippen LogP contribution in [0.4, 0.5) is 0 Å². The number of methoxy groups -OCH3 is 1. The predicted molar refractivity (Wildman–Crippen MR) is 102 cm³/mol. The minimum Gasteiger partial charge on any atom is -0.383 e. The van der Waals surface area contributed by atoms with Crippen molar-refractivity contribution < 1.29 is 9.53 Å². The molecule has 1 aromatic heterocycles. The van der Waals surface area contributed by atoms with E-state index in [0.29, 0.717) is 18.4 Å². The van der Waals surface area contributed by atoms with Crippen molar-refractivity contribution in [1.29, 1.82) is 0 Å². The molecule has 0 aromatic carbocycles. The topological polar surface area (TPSA) is 57.7 Å². The highest BCUT2D eigenvalue weighted by Crippen LogP contribution is 2.22. The van der Waals surface area contributed by atoms with Crippen molar-refractivity contribution in [3.8, 4) is 0 Å². The molecule has 6 heteroatoms. The third-order valence-electron chi connectivity index (χ3n) is 5.64. The molecule has 0 bridgehead atoms. The van der Waals surface area contributed by atoms with E-state index in [2.05, 4.69) is 20.1 Å². The number of nitrogens with one attached hydrogen (secondary N) is 1. The first-order valence-corrected chi connectivity index (χ1v) is 9.86. The fourth-order valence-electron chi connectivity index (χ4n) is 3.99. The number of nitrogens with zero attached hydrogens (tertiary/aromatic N) is 3. The van der Waals surface area contributed by atoms with E-state index in [0.717, 1.165) is 70.7 Å². The number of pyridine rings is 1. The number of ether oxygens (including phenoxy) is 1. The summed E-state index contributed by atoms with van der Waals surface area (Å²) in [7, 11) is 1.76. The van der Waals surface area contributed by atoms with Gasteiger partial charge in [0.2, 0.25) is 5.91 Å². The molecule has 1 aromatic rings. The van der Waals surface area contributed by atoms with E-state index in [-0.39, 0.29) is 5.92 Å². The zero-order valence-electron chi connectivity index (χ0n) is 15.9. The van der Waals surface area contributed by atoms with E-state index in [1.807, 2.05) is 24.5 Å². The Morgan fingerprint density at radius 2 is 2.08 bits per heavy atom. The molecular formula is C20H32N4O2. The predicted octanol–water partition coefficient (Wildman–Crippen LogP) is 1.38. The van der Waals surface area contributed by atoms with Crippen molar-refractivity contribution >= 4 is 5.91 Å². The summed E-state index contributed by atoms with van der Waals surface area (Å²) in [4.78, 5) is 21.7. The molecule has 3 rings (SSSR count). The first-order chi connectivity index (χ1) is 12.8. The van der Waals surface area contributed by atoms with Gasteiger partial charge in [-0.25, -0.2) is 0 Å². The van der Waals surface area contributed by atoms with E-state index >= 15 is 0 Å². The summed E-state index contributed by atoms with van der Waals surface area (Å²) in [6.07, 6.45) is 6.90. The van der Waals surface area contributed by atoms with Gasteiger partial charge in [0.15, 0.2) is 0 Å². The van der Waals surface area contributed by atoms with Crippen LogP contribution in [-0.4, -0.2) is 73.7 Å². The van der Waals surface area contributed by atoms with Gasteiger partial charge in [0.05, 0.1) is 12.5 Å². The zero-order chi connectivity index (χ0) is 18.2. The van der Waals surface area contributed by atoms with E-state index in [4.69, 9.17) is 4.74 Å². The quantitative estimate of drug-likeness (QED) is 0.759. The van der Waals surface area contributed by atoms with Crippen LogP contribution in [0.15, 0.2) is 24.5 Å². The van der Waals surface area contributed by atoms with E-state index in [9.17, 15) is 4.79 Å². The molecule has 144 valence electrons. The fourth-order valence-corrected chi connectivity index (χ4v) is 3.99. The van der Waals surface area contributed by atoms with Crippen LogP contribution in [0, 0.1) is 11.8 Å². The molecule has 0 aliphatic carbocycles. The Morgan fingerprint density at radius 3 is 2.73 bits per heavy atom. The Hall–Kier alpha value is -1.50. The van der Waals surface area contributed by atoms with Gasteiger partial charge in [-0.15, -0.1) is 0 Å². The van der Waals surface area contributed by atoms with Crippen LogP contribution in [-0.2, 0) is 16.1 Å². The molecular weight excluding hydrogens is 328 g/mol. The van der Waals surface area contributed by atoms with E-state index in [1.165, 1.54) is 0 Å². The van der Waals surface area contributed by atoms with Crippen LogP contribution >= 0.6 is 0 Å². The van der Waals surface area contributed by atoms with Gasteiger partial charge in [-0.05, 0) is 62.5 Å². The average Bonchev–Trinajstić information content (AvgIpc) is 3.22. The highest BCUT2D eigenvalue weighted by molar-refractivity contribution is 5.79. The lowest BCUT2D eigenvalue weighted by molar-refractivity contribution is -0.136. The summed E-state index contributed by atoms with van der Waals surface area (Å²) in [6, 6.07) is 4.03. The van der Waals surface area contributed by atoms with Crippen LogP contribution in [0.5, 0.6) is 0 Å². The summed E-state index contributed by atoms with van der Waals surface area (Å²) in [5, 5.41) is 3.32. The van der Waals surface area contributed by atoms with Gasteiger partial charge in [0.1, 0.15) is 0 Å². The molecule has 0 unspecified atom stereocenters. The monoisotopic (exact) mass is 360 g/mol. The Morgan fingerprint density at radius 1 is 1.31 bits per heavy atom. The SMILES string of the molecule is COCCN1CCC(CN(Cc2ccncc2)C(=O)[C@H]2CCNC2)CC1. The Kier molecular flexibility index (Phi) is 7.41. The number of amides is 1. The maximum atomic E-state index is 13.1. The van der Waals surface area contributed by atoms with Gasteiger partial charge in [-0.3, -0.25) is 9.78 Å². The molecule has 0 spiro atoms. The van der Waals surface area contributed by atoms with Gasteiger partial charge in [0.25, 0.3) is 0 Å². The number of hydrogen-bond acceptors (Lipinski definition) is 5. The average molecular weight is 361 g/mol. The summed E-state index contributed by atoms with van der Waals surface area (Å²) >= 11 is 0. The van der Waals surface area contributed by atoms with Crippen molar-refractivity contribution in [1.82, 2.24) is 20.1 Å².